The Kier molecular flexibility index (Phi) is 5.31. The molecule has 1 atom stereocenters. The highest BCUT2D eigenvalue weighted by Gasteiger charge is 2.19. The van der Waals surface area contributed by atoms with Crippen LogP contribution in [0.15, 0.2) is 29.9 Å². The lowest BCUT2D eigenvalue weighted by atomic mass is 10.0. The van der Waals surface area contributed by atoms with Crippen LogP contribution in [-0.4, -0.2) is 11.5 Å². The Morgan fingerprint density at radius 3 is 2.95 bits per heavy atom. The molecule has 0 amide bonds. The number of nitrogens with one attached hydrogen (secondary N) is 1. The summed E-state index contributed by atoms with van der Waals surface area (Å²) in [5.74, 6) is -0.259. The smallest absolute Gasteiger partial charge is 0.129 e. The molecule has 0 saturated heterocycles. The van der Waals surface area contributed by atoms with E-state index < -0.39 is 0 Å². The highest BCUT2D eigenvalue weighted by atomic mass is 35.5. The van der Waals surface area contributed by atoms with Gasteiger partial charge in [0.25, 0.3) is 0 Å². The second-order valence-corrected chi connectivity index (χ2v) is 5.69. The normalized spacial score (nSPS) is 12.6. The van der Waals surface area contributed by atoms with Crippen LogP contribution >= 0.6 is 22.9 Å². The van der Waals surface area contributed by atoms with Crippen molar-refractivity contribution in [2.24, 2.45) is 0 Å². The molecule has 1 N–H and O–H groups in total. The van der Waals surface area contributed by atoms with Crippen molar-refractivity contribution in [1.82, 2.24) is 10.3 Å². The summed E-state index contributed by atoms with van der Waals surface area (Å²) >= 11 is 7.73. The first-order valence-corrected chi connectivity index (χ1v) is 7.52. The van der Waals surface area contributed by atoms with Gasteiger partial charge in [0.2, 0.25) is 0 Å². The Labute approximate surface area is 121 Å². The molecule has 2 aromatic rings. The first-order chi connectivity index (χ1) is 9.22. The van der Waals surface area contributed by atoms with E-state index in [1.54, 1.807) is 29.0 Å². The van der Waals surface area contributed by atoms with Gasteiger partial charge >= 0.3 is 0 Å². The highest BCUT2D eigenvalue weighted by Crippen LogP contribution is 2.29. The molecule has 1 aromatic carbocycles. The van der Waals surface area contributed by atoms with Crippen molar-refractivity contribution in [3.05, 3.63) is 51.2 Å². The molecule has 0 aliphatic carbocycles. The summed E-state index contributed by atoms with van der Waals surface area (Å²) in [6, 6.07) is 4.70. The summed E-state index contributed by atoms with van der Waals surface area (Å²) in [5.41, 5.74) is 2.33. The Balaban J connectivity index is 2.26. The van der Waals surface area contributed by atoms with E-state index in [1.165, 1.54) is 6.07 Å². The van der Waals surface area contributed by atoms with Crippen molar-refractivity contribution < 1.29 is 4.39 Å². The number of aromatic nitrogens is 1. The van der Waals surface area contributed by atoms with Gasteiger partial charge in [0.05, 0.1) is 5.51 Å². The molecule has 1 aromatic heterocycles. The molecule has 2 nitrogen and oxygen atoms in total. The van der Waals surface area contributed by atoms with Crippen LogP contribution in [0.25, 0.3) is 0 Å². The van der Waals surface area contributed by atoms with Crippen molar-refractivity contribution in [2.75, 3.05) is 6.54 Å². The van der Waals surface area contributed by atoms with Gasteiger partial charge in [-0.05, 0) is 25.1 Å². The van der Waals surface area contributed by atoms with Crippen molar-refractivity contribution in [1.29, 1.82) is 0 Å². The number of thiazole rings is 1. The molecule has 1 heterocycles. The van der Waals surface area contributed by atoms with Crippen LogP contribution in [0.3, 0.4) is 0 Å². The van der Waals surface area contributed by atoms with Crippen LogP contribution in [0.2, 0.25) is 5.02 Å². The van der Waals surface area contributed by atoms with Gasteiger partial charge in [-0.1, -0.05) is 24.6 Å². The number of benzene rings is 1. The van der Waals surface area contributed by atoms with Crippen LogP contribution in [0.5, 0.6) is 0 Å². The summed E-state index contributed by atoms with van der Waals surface area (Å²) in [6.45, 7) is 2.91. The van der Waals surface area contributed by atoms with Gasteiger partial charge in [0.1, 0.15) is 5.82 Å². The summed E-state index contributed by atoms with van der Waals surface area (Å²) in [4.78, 5) is 5.18. The van der Waals surface area contributed by atoms with Crippen LogP contribution in [0, 0.1) is 5.82 Å². The van der Waals surface area contributed by atoms with E-state index in [0.717, 1.165) is 17.8 Å². The molecule has 0 saturated carbocycles. The largest absolute Gasteiger partial charge is 0.309 e. The summed E-state index contributed by atoms with van der Waals surface area (Å²) in [5, 5.41) is 3.83. The molecule has 5 heteroatoms. The lowest BCUT2D eigenvalue weighted by Gasteiger charge is -2.20. The van der Waals surface area contributed by atoms with E-state index >= 15 is 0 Å². The maximum atomic E-state index is 14.0. The zero-order valence-electron chi connectivity index (χ0n) is 10.7. The Morgan fingerprint density at radius 2 is 2.32 bits per heavy atom. The molecule has 102 valence electrons. The highest BCUT2D eigenvalue weighted by molar-refractivity contribution is 7.09. The summed E-state index contributed by atoms with van der Waals surface area (Å²) in [6.07, 6.45) is 3.51. The predicted molar refractivity (Wildman–Crippen MR) is 78.3 cm³/mol. The minimum Gasteiger partial charge on any atom is -0.309 e. The van der Waals surface area contributed by atoms with Gasteiger partial charge in [0.15, 0.2) is 0 Å². The Morgan fingerprint density at radius 1 is 1.47 bits per heavy atom. The van der Waals surface area contributed by atoms with Gasteiger partial charge in [-0.15, -0.1) is 11.3 Å². The molecule has 0 aliphatic heterocycles. The van der Waals surface area contributed by atoms with E-state index in [9.17, 15) is 4.39 Å². The number of hydrogen-bond acceptors (Lipinski definition) is 3. The molecule has 0 fully saturated rings. The van der Waals surface area contributed by atoms with Crippen molar-refractivity contribution >= 4 is 22.9 Å². The van der Waals surface area contributed by atoms with Crippen LogP contribution < -0.4 is 5.32 Å². The fourth-order valence-corrected chi connectivity index (χ4v) is 2.92. The monoisotopic (exact) mass is 298 g/mol. The van der Waals surface area contributed by atoms with Gasteiger partial charge in [-0.3, -0.25) is 4.98 Å². The molecular weight excluding hydrogens is 283 g/mol. The van der Waals surface area contributed by atoms with Gasteiger partial charge < -0.3 is 5.32 Å². The van der Waals surface area contributed by atoms with Crippen molar-refractivity contribution in [3.63, 3.8) is 0 Å². The molecule has 0 bridgehead atoms. The van der Waals surface area contributed by atoms with E-state index in [-0.39, 0.29) is 11.9 Å². The third kappa shape index (κ3) is 3.75. The molecular formula is C14H16ClFN2S. The zero-order valence-corrected chi connectivity index (χ0v) is 12.3. The molecule has 0 radical (unpaired) electrons. The SMILES string of the molecule is CCCNC(Cc1cncs1)c1c(F)cccc1Cl. The number of hydrogen-bond donors (Lipinski definition) is 1. The van der Waals surface area contributed by atoms with E-state index in [0.29, 0.717) is 17.0 Å². The second-order valence-electron chi connectivity index (χ2n) is 4.31. The standard InChI is InChI=1S/C14H16ClFN2S/c1-2-6-18-13(7-10-8-17-9-19-10)14-11(15)4-3-5-12(14)16/h3-5,8-9,13,18H,2,6-7H2,1H3. The third-order valence-corrected chi connectivity index (χ3v) is 4.01. The van der Waals surface area contributed by atoms with Crippen LogP contribution in [0.4, 0.5) is 4.39 Å². The quantitative estimate of drug-likeness (QED) is 0.864. The first-order valence-electron chi connectivity index (χ1n) is 6.27. The maximum absolute atomic E-state index is 14.0. The molecule has 0 spiro atoms. The fraction of sp³-hybridized carbons (Fsp3) is 0.357. The van der Waals surface area contributed by atoms with E-state index in [2.05, 4.69) is 17.2 Å². The Bertz CT molecular complexity index is 496. The molecule has 1 unspecified atom stereocenters. The third-order valence-electron chi connectivity index (χ3n) is 2.88. The average Bonchev–Trinajstić information content (AvgIpc) is 2.88. The number of nitrogens with zero attached hydrogens (tertiary/aromatic N) is 1. The van der Waals surface area contributed by atoms with Crippen molar-refractivity contribution in [3.8, 4) is 0 Å². The molecule has 0 aliphatic rings. The van der Waals surface area contributed by atoms with Gasteiger partial charge in [-0.2, -0.15) is 0 Å². The summed E-state index contributed by atoms with van der Waals surface area (Å²) < 4.78 is 14.0. The van der Waals surface area contributed by atoms with E-state index in [1.807, 2.05) is 6.20 Å². The second kappa shape index (κ2) is 6.98. The lowest BCUT2D eigenvalue weighted by molar-refractivity contribution is 0.499. The molecule has 19 heavy (non-hydrogen) atoms. The zero-order chi connectivity index (χ0) is 13.7. The Hall–Kier alpha value is -0.970. The van der Waals surface area contributed by atoms with Crippen LogP contribution in [-0.2, 0) is 6.42 Å². The van der Waals surface area contributed by atoms with E-state index in [4.69, 9.17) is 11.6 Å². The van der Waals surface area contributed by atoms with Gasteiger partial charge in [-0.25, -0.2) is 4.39 Å². The summed E-state index contributed by atoms with van der Waals surface area (Å²) in [7, 11) is 0. The minimum absolute atomic E-state index is 0.117. The minimum atomic E-state index is -0.259. The molecule has 2 rings (SSSR count). The van der Waals surface area contributed by atoms with Crippen LogP contribution in [0.1, 0.15) is 29.8 Å². The maximum Gasteiger partial charge on any atom is 0.129 e. The number of rotatable bonds is 6. The average molecular weight is 299 g/mol. The first kappa shape index (κ1) is 14.4. The lowest BCUT2D eigenvalue weighted by Crippen LogP contribution is -2.25. The fourth-order valence-electron chi connectivity index (χ4n) is 1.98. The van der Waals surface area contributed by atoms with Crippen molar-refractivity contribution in [2.45, 2.75) is 25.8 Å². The predicted octanol–water partition coefficient (Wildman–Crippen LogP) is 4.22. The number of halogens is 2. The van der Waals surface area contributed by atoms with Gasteiger partial charge in [0, 0.05) is 34.1 Å². The topological polar surface area (TPSA) is 24.9 Å².